The minimum Gasteiger partial charge on any atom is -0.349 e. The number of benzene rings is 2. The summed E-state index contributed by atoms with van der Waals surface area (Å²) in [5.41, 5.74) is 2.90. The van der Waals surface area contributed by atoms with E-state index in [1.165, 1.54) is 11.3 Å². The van der Waals surface area contributed by atoms with E-state index in [2.05, 4.69) is 31.5 Å². The summed E-state index contributed by atoms with van der Waals surface area (Å²) in [5.74, 6) is -0.261. The second-order valence-electron chi connectivity index (χ2n) is 6.71. The quantitative estimate of drug-likeness (QED) is 0.568. The van der Waals surface area contributed by atoms with Crippen LogP contribution in [0.1, 0.15) is 28.9 Å². The molecule has 0 radical (unpaired) electrons. The van der Waals surface area contributed by atoms with Gasteiger partial charge in [-0.25, -0.2) is 4.98 Å². The molecule has 0 bridgehead atoms. The van der Waals surface area contributed by atoms with Gasteiger partial charge in [0.05, 0.1) is 12.1 Å². The predicted molar refractivity (Wildman–Crippen MR) is 115 cm³/mol. The summed E-state index contributed by atoms with van der Waals surface area (Å²) in [6, 6.07) is 15.2. The zero-order valence-corrected chi connectivity index (χ0v) is 17.3. The Labute approximate surface area is 175 Å². The van der Waals surface area contributed by atoms with E-state index < -0.39 is 0 Å². The van der Waals surface area contributed by atoms with Crippen LogP contribution in [-0.4, -0.2) is 22.8 Å². The van der Waals surface area contributed by atoms with Gasteiger partial charge in [-0.05, 0) is 43.2 Å². The molecule has 1 aliphatic carbocycles. The van der Waals surface area contributed by atoms with Gasteiger partial charge in [0.25, 0.3) is 5.91 Å². The van der Waals surface area contributed by atoms with Crippen molar-refractivity contribution in [1.82, 2.24) is 10.3 Å². The summed E-state index contributed by atoms with van der Waals surface area (Å²) < 4.78 is 0.991. The molecule has 0 saturated heterocycles. The molecule has 2 amide bonds. The Morgan fingerprint density at radius 1 is 1.14 bits per heavy atom. The lowest BCUT2D eigenvalue weighted by Gasteiger charge is -2.07. The Bertz CT molecular complexity index is 1030. The largest absolute Gasteiger partial charge is 0.349 e. The van der Waals surface area contributed by atoms with Crippen LogP contribution >= 0.6 is 27.3 Å². The topological polar surface area (TPSA) is 71.1 Å². The molecule has 0 atom stereocenters. The summed E-state index contributed by atoms with van der Waals surface area (Å²) in [4.78, 5) is 29.1. The van der Waals surface area contributed by atoms with Gasteiger partial charge in [-0.3, -0.25) is 9.59 Å². The monoisotopic (exact) mass is 455 g/mol. The van der Waals surface area contributed by atoms with Crippen molar-refractivity contribution in [2.75, 3.05) is 5.32 Å². The molecule has 0 unspecified atom stereocenters. The molecule has 5 nitrogen and oxygen atoms in total. The second-order valence-corrected chi connectivity index (χ2v) is 8.48. The van der Waals surface area contributed by atoms with Crippen LogP contribution in [0, 0.1) is 0 Å². The number of nitrogens with one attached hydrogen (secondary N) is 2. The number of hydrogen-bond acceptors (Lipinski definition) is 4. The van der Waals surface area contributed by atoms with E-state index in [0.29, 0.717) is 17.3 Å². The van der Waals surface area contributed by atoms with Crippen LogP contribution in [0.15, 0.2) is 58.4 Å². The highest BCUT2D eigenvalue weighted by atomic mass is 79.9. The summed E-state index contributed by atoms with van der Waals surface area (Å²) in [7, 11) is 0. The zero-order chi connectivity index (χ0) is 19.5. The fraction of sp³-hybridized carbons (Fsp3) is 0.190. The number of aromatic nitrogens is 1. The van der Waals surface area contributed by atoms with Crippen molar-refractivity contribution in [3.05, 3.63) is 69.6 Å². The van der Waals surface area contributed by atoms with Gasteiger partial charge in [0.1, 0.15) is 5.01 Å². The van der Waals surface area contributed by atoms with E-state index in [0.717, 1.165) is 33.6 Å². The summed E-state index contributed by atoms with van der Waals surface area (Å²) >= 11 is 4.97. The number of halogens is 1. The molecule has 1 aromatic heterocycles. The van der Waals surface area contributed by atoms with Gasteiger partial charge < -0.3 is 10.6 Å². The van der Waals surface area contributed by atoms with Crippen molar-refractivity contribution in [3.63, 3.8) is 0 Å². The number of rotatable bonds is 6. The molecule has 7 heteroatoms. The molecule has 142 valence electrons. The van der Waals surface area contributed by atoms with Crippen LogP contribution in [0.25, 0.3) is 10.6 Å². The summed E-state index contributed by atoms with van der Waals surface area (Å²) in [5, 5.41) is 8.58. The third kappa shape index (κ3) is 4.85. The van der Waals surface area contributed by atoms with E-state index in [9.17, 15) is 9.59 Å². The maximum Gasteiger partial charge on any atom is 0.251 e. The first kappa shape index (κ1) is 18.8. The van der Waals surface area contributed by atoms with Crippen LogP contribution < -0.4 is 10.6 Å². The SMILES string of the molecule is O=C(Cc1csc(-c2cccc(Br)c2)n1)Nc1cccc(C(=O)NC2CC2)c1. The van der Waals surface area contributed by atoms with Gasteiger partial charge in [0, 0.05) is 32.7 Å². The number of carbonyl (C=O) groups excluding carboxylic acids is 2. The van der Waals surface area contributed by atoms with Crippen LogP contribution in [-0.2, 0) is 11.2 Å². The third-order valence-electron chi connectivity index (χ3n) is 4.29. The molecule has 1 heterocycles. The Morgan fingerprint density at radius 3 is 2.75 bits per heavy atom. The van der Waals surface area contributed by atoms with Gasteiger partial charge in [-0.2, -0.15) is 0 Å². The first-order valence-electron chi connectivity index (χ1n) is 8.98. The highest BCUT2D eigenvalue weighted by Gasteiger charge is 2.23. The zero-order valence-electron chi connectivity index (χ0n) is 14.9. The Morgan fingerprint density at radius 2 is 1.96 bits per heavy atom. The van der Waals surface area contributed by atoms with Crippen LogP contribution in [0.3, 0.4) is 0 Å². The standard InChI is InChI=1S/C21H18BrN3O2S/c22-15-5-1-4-14(9-15)21-25-18(12-28-21)11-19(26)23-17-6-2-3-13(10-17)20(27)24-16-7-8-16/h1-6,9-10,12,16H,7-8,11H2,(H,23,26)(H,24,27). The first-order valence-corrected chi connectivity index (χ1v) is 10.7. The molecule has 2 N–H and O–H groups in total. The average Bonchev–Trinajstić information content (AvgIpc) is 3.37. The van der Waals surface area contributed by atoms with E-state index in [4.69, 9.17) is 0 Å². The molecular weight excluding hydrogens is 438 g/mol. The van der Waals surface area contributed by atoms with E-state index in [1.54, 1.807) is 24.3 Å². The second kappa shape index (κ2) is 8.24. The highest BCUT2D eigenvalue weighted by Crippen LogP contribution is 2.26. The molecule has 1 fully saturated rings. The number of anilines is 1. The molecule has 1 aliphatic rings. The van der Waals surface area contributed by atoms with Crippen LogP contribution in [0.4, 0.5) is 5.69 Å². The molecule has 2 aromatic carbocycles. The molecule has 1 saturated carbocycles. The van der Waals surface area contributed by atoms with Crippen molar-refractivity contribution in [2.45, 2.75) is 25.3 Å². The minimum absolute atomic E-state index is 0.100. The molecule has 3 aromatic rings. The smallest absolute Gasteiger partial charge is 0.251 e. The predicted octanol–water partition coefficient (Wildman–Crippen LogP) is 4.65. The Balaban J connectivity index is 1.39. The lowest BCUT2D eigenvalue weighted by molar-refractivity contribution is -0.115. The number of amides is 2. The summed E-state index contributed by atoms with van der Waals surface area (Å²) in [6.45, 7) is 0. The lowest BCUT2D eigenvalue weighted by atomic mass is 10.2. The van der Waals surface area contributed by atoms with E-state index in [-0.39, 0.29) is 18.2 Å². The van der Waals surface area contributed by atoms with Crippen molar-refractivity contribution < 1.29 is 9.59 Å². The molecule has 4 rings (SSSR count). The first-order chi connectivity index (χ1) is 13.6. The van der Waals surface area contributed by atoms with Crippen molar-refractivity contribution >= 4 is 44.8 Å². The molecule has 0 spiro atoms. The maximum atomic E-state index is 12.4. The van der Waals surface area contributed by atoms with Gasteiger partial charge >= 0.3 is 0 Å². The van der Waals surface area contributed by atoms with E-state index in [1.807, 2.05) is 29.6 Å². The van der Waals surface area contributed by atoms with Gasteiger partial charge in [0.15, 0.2) is 0 Å². The number of carbonyl (C=O) groups is 2. The van der Waals surface area contributed by atoms with Gasteiger partial charge in [0.2, 0.25) is 5.91 Å². The Kier molecular flexibility index (Phi) is 5.54. The molecule has 28 heavy (non-hydrogen) atoms. The fourth-order valence-electron chi connectivity index (χ4n) is 2.75. The van der Waals surface area contributed by atoms with Crippen molar-refractivity contribution in [1.29, 1.82) is 0 Å². The normalized spacial score (nSPS) is 13.2. The number of thiazole rings is 1. The lowest BCUT2D eigenvalue weighted by Crippen LogP contribution is -2.25. The average molecular weight is 456 g/mol. The van der Waals surface area contributed by atoms with Gasteiger partial charge in [-0.15, -0.1) is 11.3 Å². The third-order valence-corrected chi connectivity index (χ3v) is 5.72. The molecule has 0 aliphatic heterocycles. The molecular formula is C21H18BrN3O2S. The Hall–Kier alpha value is -2.51. The van der Waals surface area contributed by atoms with Crippen LogP contribution in [0.2, 0.25) is 0 Å². The van der Waals surface area contributed by atoms with Crippen molar-refractivity contribution in [2.24, 2.45) is 0 Å². The number of nitrogens with zero attached hydrogens (tertiary/aromatic N) is 1. The van der Waals surface area contributed by atoms with Crippen molar-refractivity contribution in [3.8, 4) is 10.6 Å². The maximum absolute atomic E-state index is 12.4. The highest BCUT2D eigenvalue weighted by molar-refractivity contribution is 9.10. The van der Waals surface area contributed by atoms with Gasteiger partial charge in [-0.1, -0.05) is 34.1 Å². The van der Waals surface area contributed by atoms with Crippen LogP contribution in [0.5, 0.6) is 0 Å². The van der Waals surface area contributed by atoms with E-state index >= 15 is 0 Å². The number of hydrogen-bond donors (Lipinski definition) is 2. The minimum atomic E-state index is -0.161. The summed E-state index contributed by atoms with van der Waals surface area (Å²) in [6.07, 6.45) is 2.26. The fourth-order valence-corrected chi connectivity index (χ4v) is 3.96.